The summed E-state index contributed by atoms with van der Waals surface area (Å²) in [5, 5.41) is 4.38. The van der Waals surface area contributed by atoms with Crippen molar-refractivity contribution >= 4 is 11.8 Å². The molecule has 0 aliphatic heterocycles. The van der Waals surface area contributed by atoms with Crippen LogP contribution in [0.5, 0.6) is 0 Å². The summed E-state index contributed by atoms with van der Waals surface area (Å²) in [6.07, 6.45) is 8.68. The third kappa shape index (κ3) is 5.58. The average Bonchev–Trinajstić information content (AvgIpc) is 2.63. The molecule has 1 fully saturated rings. The van der Waals surface area contributed by atoms with Gasteiger partial charge in [-0.05, 0) is 44.5 Å². The molecule has 1 rings (SSSR count). The van der Waals surface area contributed by atoms with Gasteiger partial charge in [-0.25, -0.2) is 0 Å². The fourth-order valence-electron chi connectivity index (χ4n) is 1.83. The van der Waals surface area contributed by atoms with E-state index >= 15 is 0 Å². The maximum Gasteiger partial charge on any atom is 0.00470 e. The Morgan fingerprint density at radius 2 is 2.00 bits per heavy atom. The summed E-state index contributed by atoms with van der Waals surface area (Å²) in [7, 11) is 0. The molecule has 0 unspecified atom stereocenters. The van der Waals surface area contributed by atoms with Crippen LogP contribution in [0.25, 0.3) is 0 Å². The highest BCUT2D eigenvalue weighted by atomic mass is 32.2. The number of unbranched alkanes of at least 4 members (excludes halogenated alkanes) is 1. The molecule has 0 aromatic carbocycles. The first-order valence-electron chi connectivity index (χ1n) is 5.76. The Kier molecular flexibility index (Phi) is 6.73. The second-order valence-electron chi connectivity index (χ2n) is 3.84. The van der Waals surface area contributed by atoms with Crippen molar-refractivity contribution in [3.63, 3.8) is 0 Å². The number of hydrogen-bond acceptors (Lipinski definition) is 2. The zero-order chi connectivity index (χ0) is 9.36. The van der Waals surface area contributed by atoms with Crippen LogP contribution in [0.1, 0.15) is 45.4 Å². The largest absolute Gasteiger partial charge is 0.317 e. The van der Waals surface area contributed by atoms with Gasteiger partial charge in [0.1, 0.15) is 0 Å². The van der Waals surface area contributed by atoms with Gasteiger partial charge in [0.05, 0.1) is 0 Å². The summed E-state index contributed by atoms with van der Waals surface area (Å²) in [5.74, 6) is 1.38. The molecule has 1 aliphatic rings. The van der Waals surface area contributed by atoms with E-state index in [1.807, 2.05) is 0 Å². The Labute approximate surface area is 87.1 Å². The van der Waals surface area contributed by atoms with Gasteiger partial charge in [-0.1, -0.05) is 19.8 Å². The molecule has 78 valence electrons. The van der Waals surface area contributed by atoms with Crippen LogP contribution in [-0.4, -0.2) is 24.1 Å². The molecule has 0 radical (unpaired) electrons. The van der Waals surface area contributed by atoms with Crippen LogP contribution < -0.4 is 5.32 Å². The van der Waals surface area contributed by atoms with E-state index in [2.05, 4.69) is 24.0 Å². The fourth-order valence-corrected chi connectivity index (χ4v) is 3.20. The van der Waals surface area contributed by atoms with E-state index in [1.165, 1.54) is 50.8 Å². The van der Waals surface area contributed by atoms with E-state index in [-0.39, 0.29) is 0 Å². The van der Waals surface area contributed by atoms with E-state index in [4.69, 9.17) is 0 Å². The van der Waals surface area contributed by atoms with Gasteiger partial charge in [0.25, 0.3) is 0 Å². The topological polar surface area (TPSA) is 12.0 Å². The molecule has 1 aliphatic carbocycles. The molecular weight excluding hydrogens is 178 g/mol. The van der Waals surface area contributed by atoms with Crippen molar-refractivity contribution in [2.45, 2.75) is 50.7 Å². The summed E-state index contributed by atoms with van der Waals surface area (Å²) in [5.41, 5.74) is 0. The number of hydrogen-bond donors (Lipinski definition) is 1. The molecule has 0 heterocycles. The highest BCUT2D eigenvalue weighted by Gasteiger charge is 2.14. The summed E-state index contributed by atoms with van der Waals surface area (Å²) >= 11 is 2.21. The summed E-state index contributed by atoms with van der Waals surface area (Å²) in [6, 6.07) is 0. The number of rotatable bonds is 7. The van der Waals surface area contributed by atoms with E-state index in [9.17, 15) is 0 Å². The first-order valence-corrected chi connectivity index (χ1v) is 6.80. The molecule has 1 N–H and O–H groups in total. The molecule has 0 amide bonds. The van der Waals surface area contributed by atoms with Gasteiger partial charge in [-0.15, -0.1) is 0 Å². The summed E-state index contributed by atoms with van der Waals surface area (Å²) in [6.45, 7) is 4.50. The Hall–Kier alpha value is 0.310. The normalized spacial score (nSPS) is 18.2. The van der Waals surface area contributed by atoms with Crippen LogP contribution in [0, 0.1) is 0 Å². The van der Waals surface area contributed by atoms with Gasteiger partial charge in [0.2, 0.25) is 0 Å². The van der Waals surface area contributed by atoms with E-state index in [1.54, 1.807) is 0 Å². The first kappa shape index (κ1) is 11.4. The van der Waals surface area contributed by atoms with Crippen molar-refractivity contribution in [1.29, 1.82) is 0 Å². The zero-order valence-corrected chi connectivity index (χ0v) is 9.67. The highest BCUT2D eigenvalue weighted by molar-refractivity contribution is 7.99. The third-order valence-electron chi connectivity index (χ3n) is 2.65. The predicted octanol–water partition coefficient (Wildman–Crippen LogP) is 3.05. The molecule has 0 aromatic rings. The Bertz CT molecular complexity index is 111. The molecule has 0 atom stereocenters. The molecule has 1 saturated carbocycles. The minimum absolute atomic E-state index is 1.01. The van der Waals surface area contributed by atoms with Gasteiger partial charge in [0, 0.05) is 5.25 Å². The van der Waals surface area contributed by atoms with E-state index in [0.717, 1.165) is 11.8 Å². The lowest BCUT2D eigenvalue weighted by molar-refractivity contribution is 0.665. The Morgan fingerprint density at radius 3 is 2.69 bits per heavy atom. The van der Waals surface area contributed by atoms with Crippen molar-refractivity contribution < 1.29 is 0 Å². The number of thioether (sulfide) groups is 1. The minimum Gasteiger partial charge on any atom is -0.317 e. The molecule has 13 heavy (non-hydrogen) atoms. The van der Waals surface area contributed by atoms with Crippen LogP contribution in [0.15, 0.2) is 0 Å². The monoisotopic (exact) mass is 201 g/mol. The molecule has 1 nitrogen and oxygen atoms in total. The smallest absolute Gasteiger partial charge is 0.00470 e. The van der Waals surface area contributed by atoms with Crippen LogP contribution in [0.3, 0.4) is 0 Å². The van der Waals surface area contributed by atoms with E-state index in [0.29, 0.717) is 0 Å². The van der Waals surface area contributed by atoms with Crippen molar-refractivity contribution in [1.82, 2.24) is 5.32 Å². The minimum atomic E-state index is 1.01. The van der Waals surface area contributed by atoms with Crippen molar-refractivity contribution in [3.05, 3.63) is 0 Å². The van der Waals surface area contributed by atoms with Crippen LogP contribution in [0.2, 0.25) is 0 Å². The summed E-state index contributed by atoms with van der Waals surface area (Å²) < 4.78 is 0. The van der Waals surface area contributed by atoms with Gasteiger partial charge < -0.3 is 5.32 Å². The quantitative estimate of drug-likeness (QED) is 0.635. The standard InChI is InChI=1S/C11H23NS/c1-2-12-9-5-6-10-13-11-7-3-4-8-11/h11-12H,2-10H2,1H3. The third-order valence-corrected chi connectivity index (χ3v) is 4.12. The van der Waals surface area contributed by atoms with Crippen LogP contribution in [0.4, 0.5) is 0 Å². The second-order valence-corrected chi connectivity index (χ2v) is 5.25. The molecule has 0 saturated heterocycles. The molecule has 0 spiro atoms. The zero-order valence-electron chi connectivity index (χ0n) is 8.85. The Balaban J connectivity index is 1.78. The maximum atomic E-state index is 3.37. The van der Waals surface area contributed by atoms with Crippen LogP contribution in [-0.2, 0) is 0 Å². The fraction of sp³-hybridized carbons (Fsp3) is 1.00. The second kappa shape index (κ2) is 7.69. The lowest BCUT2D eigenvalue weighted by Gasteiger charge is -2.07. The van der Waals surface area contributed by atoms with E-state index < -0.39 is 0 Å². The highest BCUT2D eigenvalue weighted by Crippen LogP contribution is 2.29. The molecule has 2 heteroatoms. The lowest BCUT2D eigenvalue weighted by atomic mass is 10.3. The van der Waals surface area contributed by atoms with Gasteiger partial charge >= 0.3 is 0 Å². The van der Waals surface area contributed by atoms with Crippen molar-refractivity contribution in [2.24, 2.45) is 0 Å². The van der Waals surface area contributed by atoms with Crippen LogP contribution >= 0.6 is 11.8 Å². The SMILES string of the molecule is CCNCCCCSC1CCCC1. The number of nitrogens with one attached hydrogen (secondary N) is 1. The summed E-state index contributed by atoms with van der Waals surface area (Å²) in [4.78, 5) is 0. The Morgan fingerprint density at radius 1 is 1.23 bits per heavy atom. The van der Waals surface area contributed by atoms with Gasteiger partial charge in [0.15, 0.2) is 0 Å². The lowest BCUT2D eigenvalue weighted by Crippen LogP contribution is -2.14. The first-order chi connectivity index (χ1) is 6.43. The van der Waals surface area contributed by atoms with Crippen molar-refractivity contribution in [2.75, 3.05) is 18.8 Å². The molecular formula is C11H23NS. The average molecular weight is 201 g/mol. The molecule has 0 aromatic heterocycles. The van der Waals surface area contributed by atoms with Gasteiger partial charge in [-0.2, -0.15) is 11.8 Å². The predicted molar refractivity (Wildman–Crippen MR) is 62.5 cm³/mol. The maximum absolute atomic E-state index is 3.37. The molecule has 0 bridgehead atoms. The van der Waals surface area contributed by atoms with Gasteiger partial charge in [-0.3, -0.25) is 0 Å². The van der Waals surface area contributed by atoms with Crippen molar-refractivity contribution in [3.8, 4) is 0 Å².